The van der Waals surface area contributed by atoms with Gasteiger partial charge in [-0.2, -0.15) is 63.2 Å². The number of nitrogens with zero attached hydrogens (tertiary/aromatic N) is 4. The fourth-order valence-electron chi connectivity index (χ4n) is 3.77. The first kappa shape index (κ1) is 37.9. The first-order valence-electron chi connectivity index (χ1n) is 12.5. The van der Waals surface area contributed by atoms with E-state index in [0.29, 0.717) is 30.5 Å². The van der Waals surface area contributed by atoms with Crippen LogP contribution in [0.1, 0.15) is 48.9 Å². The minimum absolute atomic E-state index is 0.0147. The molecular weight excluding hydrogens is 620 g/mol. The number of nitriles is 2. The van der Waals surface area contributed by atoms with Crippen LogP contribution in [0.2, 0.25) is 0 Å². The van der Waals surface area contributed by atoms with E-state index in [1.54, 1.807) is 6.92 Å². The summed E-state index contributed by atoms with van der Waals surface area (Å²) in [4.78, 5) is 1.58. The normalized spacial score (nSPS) is 12.0. The van der Waals surface area contributed by atoms with E-state index in [4.69, 9.17) is 10.5 Å². The fraction of sp³-hybridized carbons (Fsp3) is 0.429. The van der Waals surface area contributed by atoms with Gasteiger partial charge in [-0.1, -0.05) is 25.5 Å². The van der Waals surface area contributed by atoms with Gasteiger partial charge in [0.15, 0.2) is 0 Å². The third kappa shape index (κ3) is 12.7. The quantitative estimate of drug-likeness (QED) is 0.201. The lowest BCUT2D eigenvalue weighted by atomic mass is 10.1. The molecule has 0 unspecified atom stereocenters. The highest BCUT2D eigenvalue weighted by molar-refractivity contribution is 5.56. The van der Waals surface area contributed by atoms with Gasteiger partial charge in [-0.05, 0) is 49.7 Å². The largest absolute Gasteiger partial charge is 0.417 e. The zero-order valence-electron chi connectivity index (χ0n) is 23.2. The number of alkyl halides is 12. The van der Waals surface area contributed by atoms with E-state index >= 15 is 0 Å². The van der Waals surface area contributed by atoms with Crippen LogP contribution in [0.25, 0.3) is 0 Å². The van der Waals surface area contributed by atoms with E-state index in [1.807, 2.05) is 0 Å². The Labute approximate surface area is 245 Å². The van der Waals surface area contributed by atoms with Crippen LogP contribution >= 0.6 is 0 Å². The monoisotopic (exact) mass is 646 g/mol. The van der Waals surface area contributed by atoms with Gasteiger partial charge in [-0.25, -0.2) is 0 Å². The van der Waals surface area contributed by atoms with Crippen LogP contribution in [-0.4, -0.2) is 38.5 Å². The van der Waals surface area contributed by atoms with Gasteiger partial charge in [-0.15, -0.1) is 0 Å². The maximum Gasteiger partial charge on any atom is 0.417 e. The lowest BCUT2D eigenvalue weighted by Crippen LogP contribution is -2.35. The summed E-state index contributed by atoms with van der Waals surface area (Å²) in [5, 5.41) is 17.4. The second kappa shape index (κ2) is 15.1. The fourth-order valence-corrected chi connectivity index (χ4v) is 3.77. The molecule has 0 atom stereocenters. The maximum absolute atomic E-state index is 12.9. The molecule has 242 valence electrons. The molecule has 0 amide bonds. The van der Waals surface area contributed by atoms with E-state index in [2.05, 4.69) is 6.58 Å². The molecule has 0 N–H and O–H groups in total. The average molecular weight is 647 g/mol. The zero-order valence-corrected chi connectivity index (χ0v) is 23.2. The highest BCUT2D eigenvalue weighted by Gasteiger charge is 2.37. The molecule has 2 aromatic carbocycles. The van der Waals surface area contributed by atoms with Crippen molar-refractivity contribution in [1.29, 1.82) is 10.5 Å². The number of halogens is 12. The average Bonchev–Trinajstić information content (AvgIpc) is 2.87. The van der Waals surface area contributed by atoms with Crippen LogP contribution in [0.4, 0.5) is 64.1 Å². The number of benzene rings is 2. The van der Waals surface area contributed by atoms with E-state index in [0.717, 1.165) is 34.1 Å². The standard InChI is InChI=1S/C14H12F6N2.C14H14F6N2/c1-9(2)7-22(8-13(15,16)17)11-4-3-10(6-21)12(5-11)14(18,19)20;1-2-3-6-22(9-13(15,16)17)11-5-4-10(8-21)12(7-11)14(18,19)20/h3-5H,1,7-8H2,2H3;4-5,7H,2-3,6,9H2,1H3. The Morgan fingerprint density at radius 2 is 1.09 bits per heavy atom. The summed E-state index contributed by atoms with van der Waals surface area (Å²) in [5.74, 6) is 0. The van der Waals surface area contributed by atoms with E-state index in [-0.39, 0.29) is 24.5 Å². The van der Waals surface area contributed by atoms with Crippen molar-refractivity contribution in [2.75, 3.05) is 36.0 Å². The lowest BCUT2D eigenvalue weighted by Gasteiger charge is -2.27. The van der Waals surface area contributed by atoms with E-state index < -0.39 is 60.0 Å². The molecule has 0 heterocycles. The topological polar surface area (TPSA) is 54.1 Å². The molecule has 0 aliphatic heterocycles. The molecule has 2 rings (SSSR count). The zero-order chi connectivity index (χ0) is 34.1. The van der Waals surface area contributed by atoms with E-state index in [9.17, 15) is 52.7 Å². The molecule has 2 aromatic rings. The summed E-state index contributed by atoms with van der Waals surface area (Å²) < 4.78 is 153. The molecule has 0 bridgehead atoms. The molecule has 0 saturated heterocycles. The smallest absolute Gasteiger partial charge is 0.363 e. The molecule has 0 fully saturated rings. The Kier molecular flexibility index (Phi) is 13.0. The predicted octanol–water partition coefficient (Wildman–Crippen LogP) is 9.27. The van der Waals surface area contributed by atoms with Gasteiger partial charge in [-0.3, -0.25) is 0 Å². The summed E-state index contributed by atoms with van der Waals surface area (Å²) in [6.07, 6.45) is -17.7. The summed E-state index contributed by atoms with van der Waals surface area (Å²) in [5.41, 5.74) is -3.85. The van der Waals surface area contributed by atoms with Crippen LogP contribution in [0, 0.1) is 22.7 Å². The minimum Gasteiger partial charge on any atom is -0.363 e. The van der Waals surface area contributed by atoms with Crippen LogP contribution in [-0.2, 0) is 12.4 Å². The van der Waals surface area contributed by atoms with Crippen LogP contribution < -0.4 is 9.80 Å². The van der Waals surface area contributed by atoms with Crippen molar-refractivity contribution in [1.82, 2.24) is 0 Å². The van der Waals surface area contributed by atoms with Gasteiger partial charge in [0.1, 0.15) is 13.1 Å². The van der Waals surface area contributed by atoms with Crippen molar-refractivity contribution in [2.45, 2.75) is 51.4 Å². The summed E-state index contributed by atoms with van der Waals surface area (Å²) in [7, 11) is 0. The van der Waals surface area contributed by atoms with Crippen molar-refractivity contribution in [2.24, 2.45) is 0 Å². The summed E-state index contributed by atoms with van der Waals surface area (Å²) in [6.45, 7) is 3.70. The molecule has 44 heavy (non-hydrogen) atoms. The molecule has 0 saturated carbocycles. The first-order chi connectivity index (χ1) is 20.0. The Balaban J connectivity index is 0.000000440. The molecular formula is C28H26F12N4. The third-order valence-electron chi connectivity index (χ3n) is 5.57. The molecule has 4 nitrogen and oxygen atoms in total. The molecule has 0 aromatic heterocycles. The molecule has 0 radical (unpaired) electrons. The van der Waals surface area contributed by atoms with Gasteiger partial charge >= 0.3 is 24.7 Å². The van der Waals surface area contributed by atoms with Crippen LogP contribution in [0.3, 0.4) is 0 Å². The van der Waals surface area contributed by atoms with Gasteiger partial charge in [0.2, 0.25) is 0 Å². The highest BCUT2D eigenvalue weighted by Crippen LogP contribution is 2.36. The molecule has 0 spiro atoms. The number of unbranched alkanes of at least 4 members (excludes halogenated alkanes) is 1. The van der Waals surface area contributed by atoms with Gasteiger partial charge < -0.3 is 9.80 Å². The molecule has 16 heteroatoms. The Morgan fingerprint density at radius 1 is 0.705 bits per heavy atom. The van der Waals surface area contributed by atoms with Gasteiger partial charge in [0.05, 0.1) is 34.4 Å². The second-order valence-electron chi connectivity index (χ2n) is 9.50. The number of rotatable bonds is 9. The minimum atomic E-state index is -4.83. The van der Waals surface area contributed by atoms with Crippen molar-refractivity contribution in [3.05, 3.63) is 70.8 Å². The third-order valence-corrected chi connectivity index (χ3v) is 5.57. The van der Waals surface area contributed by atoms with Crippen molar-refractivity contribution < 1.29 is 52.7 Å². The van der Waals surface area contributed by atoms with Crippen molar-refractivity contribution in [3.8, 4) is 12.1 Å². The maximum atomic E-state index is 12.9. The van der Waals surface area contributed by atoms with Gasteiger partial charge in [0.25, 0.3) is 0 Å². The SMILES string of the molecule is C=C(C)CN(CC(F)(F)F)c1ccc(C#N)c(C(F)(F)F)c1.CCCCN(CC(F)(F)F)c1ccc(C#N)c(C(F)(F)F)c1. The Hall–Kier alpha value is -4.08. The molecule has 0 aliphatic carbocycles. The van der Waals surface area contributed by atoms with Gasteiger partial charge in [0, 0.05) is 24.5 Å². The number of anilines is 2. The van der Waals surface area contributed by atoms with E-state index in [1.165, 1.54) is 19.1 Å². The Morgan fingerprint density at radius 3 is 1.41 bits per heavy atom. The summed E-state index contributed by atoms with van der Waals surface area (Å²) in [6, 6.07) is 7.85. The highest BCUT2D eigenvalue weighted by atomic mass is 19.4. The van der Waals surface area contributed by atoms with Crippen molar-refractivity contribution in [3.63, 3.8) is 0 Å². The number of hydrogen-bond donors (Lipinski definition) is 0. The Bertz CT molecular complexity index is 1340. The number of hydrogen-bond acceptors (Lipinski definition) is 4. The summed E-state index contributed by atoms with van der Waals surface area (Å²) >= 11 is 0. The van der Waals surface area contributed by atoms with Crippen LogP contribution in [0.5, 0.6) is 0 Å². The first-order valence-corrected chi connectivity index (χ1v) is 12.5. The van der Waals surface area contributed by atoms with Crippen molar-refractivity contribution >= 4 is 11.4 Å². The second-order valence-corrected chi connectivity index (χ2v) is 9.50. The lowest BCUT2D eigenvalue weighted by molar-refractivity contribution is -0.138. The van der Waals surface area contributed by atoms with Crippen LogP contribution in [0.15, 0.2) is 48.6 Å². The predicted molar refractivity (Wildman–Crippen MR) is 139 cm³/mol. The molecule has 0 aliphatic rings.